The summed E-state index contributed by atoms with van der Waals surface area (Å²) in [6.45, 7) is 3.98. The van der Waals surface area contributed by atoms with E-state index < -0.39 is 0 Å². The molecule has 1 aromatic rings. The summed E-state index contributed by atoms with van der Waals surface area (Å²) in [5.74, 6) is 0.201. The topological polar surface area (TPSA) is 98.7 Å². The van der Waals surface area contributed by atoms with Crippen LogP contribution in [-0.4, -0.2) is 44.0 Å². The number of amides is 1. The Morgan fingerprint density at radius 3 is 2.80 bits per heavy atom. The summed E-state index contributed by atoms with van der Waals surface area (Å²) in [6, 6.07) is 0.241. The first-order chi connectivity index (χ1) is 9.58. The maximum atomic E-state index is 11.4. The Morgan fingerprint density at radius 1 is 1.50 bits per heavy atom. The fourth-order valence-corrected chi connectivity index (χ4v) is 3.42. The molecular formula is C12H22N6OS. The van der Waals surface area contributed by atoms with Crippen LogP contribution in [0, 0.1) is 0 Å². The molecule has 3 N–H and O–H groups in total. The second-order valence-corrected chi connectivity index (χ2v) is 6.42. The molecule has 0 bridgehead atoms. The van der Waals surface area contributed by atoms with E-state index >= 15 is 0 Å². The van der Waals surface area contributed by atoms with Crippen molar-refractivity contribution in [3.8, 4) is 0 Å². The summed E-state index contributed by atoms with van der Waals surface area (Å²) < 4.78 is 1.89. The van der Waals surface area contributed by atoms with Gasteiger partial charge in [-0.05, 0) is 23.3 Å². The minimum atomic E-state index is -0.367. The maximum absolute atomic E-state index is 11.4. The van der Waals surface area contributed by atoms with E-state index in [2.05, 4.69) is 20.8 Å². The van der Waals surface area contributed by atoms with Crippen LogP contribution >= 0.6 is 11.8 Å². The van der Waals surface area contributed by atoms with Crippen LogP contribution in [0.5, 0.6) is 0 Å². The average molecular weight is 298 g/mol. The van der Waals surface area contributed by atoms with Gasteiger partial charge in [0.1, 0.15) is 0 Å². The molecule has 0 saturated heterocycles. The van der Waals surface area contributed by atoms with E-state index in [1.54, 1.807) is 0 Å². The van der Waals surface area contributed by atoms with E-state index in [4.69, 9.17) is 5.73 Å². The van der Waals surface area contributed by atoms with Gasteiger partial charge in [-0.2, -0.15) is 0 Å². The van der Waals surface area contributed by atoms with Crippen molar-refractivity contribution in [2.75, 3.05) is 5.75 Å². The summed E-state index contributed by atoms with van der Waals surface area (Å²) in [4.78, 5) is 11.4. The summed E-state index contributed by atoms with van der Waals surface area (Å²) in [5.41, 5.74) is 5.41. The maximum Gasteiger partial charge on any atom is 0.235 e. The third-order valence-electron chi connectivity index (χ3n) is 3.39. The number of carbonyl (C=O) groups excluding carboxylic acids is 1. The van der Waals surface area contributed by atoms with Crippen LogP contribution < -0.4 is 11.1 Å². The van der Waals surface area contributed by atoms with Gasteiger partial charge in [0.2, 0.25) is 11.1 Å². The number of aromatic nitrogens is 4. The van der Waals surface area contributed by atoms with Gasteiger partial charge >= 0.3 is 0 Å². The summed E-state index contributed by atoms with van der Waals surface area (Å²) in [5, 5.41) is 15.8. The molecule has 8 heteroatoms. The highest BCUT2D eigenvalue weighted by molar-refractivity contribution is 7.99. The van der Waals surface area contributed by atoms with E-state index in [1.807, 2.05) is 18.5 Å². The van der Waals surface area contributed by atoms with Crippen LogP contribution in [0.4, 0.5) is 0 Å². The van der Waals surface area contributed by atoms with Crippen LogP contribution in [0.3, 0.4) is 0 Å². The molecular weight excluding hydrogens is 276 g/mol. The first-order valence-corrected chi connectivity index (χ1v) is 8.02. The molecule has 7 nitrogen and oxygen atoms in total. The summed E-state index contributed by atoms with van der Waals surface area (Å²) in [7, 11) is 0. The quantitative estimate of drug-likeness (QED) is 0.720. The minimum absolute atomic E-state index is 0.207. The molecule has 1 unspecified atom stereocenters. The van der Waals surface area contributed by atoms with E-state index in [0.29, 0.717) is 11.8 Å². The van der Waals surface area contributed by atoms with E-state index in [0.717, 1.165) is 18.0 Å². The molecule has 20 heavy (non-hydrogen) atoms. The lowest BCUT2D eigenvalue weighted by Crippen LogP contribution is -2.46. The fourth-order valence-electron chi connectivity index (χ4n) is 2.43. The number of hydrogen-bond acceptors (Lipinski definition) is 6. The summed E-state index contributed by atoms with van der Waals surface area (Å²) >= 11 is 1.48. The molecule has 1 aliphatic rings. The largest absolute Gasteiger partial charge is 0.368 e. The Kier molecular flexibility index (Phi) is 5.36. The molecule has 1 amide bonds. The molecule has 1 heterocycles. The van der Waals surface area contributed by atoms with Gasteiger partial charge < -0.3 is 11.1 Å². The van der Waals surface area contributed by atoms with Gasteiger partial charge in [-0.25, -0.2) is 4.68 Å². The number of thioether (sulfide) groups is 1. The van der Waals surface area contributed by atoms with Gasteiger partial charge in [0, 0.05) is 11.8 Å². The van der Waals surface area contributed by atoms with Gasteiger partial charge in [0.25, 0.3) is 0 Å². The second-order valence-electron chi connectivity index (χ2n) is 5.43. The monoisotopic (exact) mass is 298 g/mol. The van der Waals surface area contributed by atoms with Crippen LogP contribution in [0.15, 0.2) is 5.16 Å². The lowest BCUT2D eigenvalue weighted by molar-refractivity contribution is -0.119. The highest BCUT2D eigenvalue weighted by Gasteiger charge is 2.23. The molecule has 1 atom stereocenters. The number of carbonyl (C=O) groups is 1. The highest BCUT2D eigenvalue weighted by atomic mass is 32.2. The van der Waals surface area contributed by atoms with Gasteiger partial charge in [0.15, 0.2) is 0 Å². The number of nitrogens with one attached hydrogen (secondary N) is 1. The van der Waals surface area contributed by atoms with E-state index in [9.17, 15) is 4.79 Å². The van der Waals surface area contributed by atoms with Crippen LogP contribution in [0.25, 0.3) is 0 Å². The fraction of sp³-hybridized carbons (Fsp3) is 0.833. The van der Waals surface area contributed by atoms with E-state index in [-0.39, 0.29) is 18.0 Å². The van der Waals surface area contributed by atoms with Gasteiger partial charge in [-0.15, -0.1) is 5.10 Å². The zero-order valence-electron chi connectivity index (χ0n) is 12.0. The van der Waals surface area contributed by atoms with Gasteiger partial charge in [-0.1, -0.05) is 38.5 Å². The molecule has 0 spiro atoms. The number of rotatable bonds is 7. The number of nitrogens with zero attached hydrogens (tertiary/aromatic N) is 4. The van der Waals surface area contributed by atoms with Crippen LogP contribution in [-0.2, 0) is 4.79 Å². The number of hydrogen-bond donors (Lipinski definition) is 2. The minimum Gasteiger partial charge on any atom is -0.368 e. The predicted molar refractivity (Wildman–Crippen MR) is 77.3 cm³/mol. The van der Waals surface area contributed by atoms with Crippen molar-refractivity contribution in [1.82, 2.24) is 25.5 Å². The Balaban J connectivity index is 1.95. The Hall–Kier alpha value is -1.15. The molecule has 0 radical (unpaired) electrons. The van der Waals surface area contributed by atoms with Crippen LogP contribution in [0.1, 0.15) is 45.6 Å². The molecule has 0 aromatic carbocycles. The van der Waals surface area contributed by atoms with Gasteiger partial charge in [0.05, 0.1) is 12.1 Å². The molecule has 1 aromatic heterocycles. The van der Waals surface area contributed by atoms with Crippen LogP contribution in [0.2, 0.25) is 0 Å². The predicted octanol–water partition coefficient (Wildman–Crippen LogP) is 0.732. The first-order valence-electron chi connectivity index (χ1n) is 7.04. The van der Waals surface area contributed by atoms with E-state index in [1.165, 1.54) is 24.6 Å². The third kappa shape index (κ3) is 3.92. The molecule has 2 rings (SSSR count). The van der Waals surface area contributed by atoms with Crippen molar-refractivity contribution < 1.29 is 4.79 Å². The Labute approximate surface area is 123 Å². The van der Waals surface area contributed by atoms with Crippen molar-refractivity contribution in [2.45, 2.75) is 62.8 Å². The molecule has 1 saturated carbocycles. The van der Waals surface area contributed by atoms with Crippen molar-refractivity contribution in [2.24, 2.45) is 5.73 Å². The molecule has 0 aliphatic heterocycles. The SMILES string of the molecule is CC(C)NC(CSc1nnnn1C1CCCC1)C(N)=O. The normalized spacial score (nSPS) is 17.8. The number of tetrazole rings is 1. The zero-order chi connectivity index (χ0) is 14.5. The third-order valence-corrected chi connectivity index (χ3v) is 4.42. The number of primary amides is 1. The van der Waals surface area contributed by atoms with Gasteiger partial charge in [-0.3, -0.25) is 4.79 Å². The smallest absolute Gasteiger partial charge is 0.235 e. The standard InChI is InChI=1S/C12H22N6OS/c1-8(2)14-10(11(13)19)7-20-12-15-16-17-18(12)9-5-3-4-6-9/h8-10,14H,3-7H2,1-2H3,(H2,13,19). The Bertz CT molecular complexity index is 443. The van der Waals surface area contributed by atoms with Crippen molar-refractivity contribution in [1.29, 1.82) is 0 Å². The zero-order valence-corrected chi connectivity index (χ0v) is 12.8. The number of nitrogens with two attached hydrogens (primary N) is 1. The molecule has 1 aliphatic carbocycles. The second kappa shape index (κ2) is 7.03. The molecule has 112 valence electrons. The first kappa shape index (κ1) is 15.2. The Morgan fingerprint density at radius 2 is 2.20 bits per heavy atom. The van der Waals surface area contributed by atoms with Crippen molar-refractivity contribution in [3.05, 3.63) is 0 Å². The summed E-state index contributed by atoms with van der Waals surface area (Å²) in [6.07, 6.45) is 4.71. The lowest BCUT2D eigenvalue weighted by Gasteiger charge is -2.18. The molecule has 1 fully saturated rings. The van der Waals surface area contributed by atoms with Crippen molar-refractivity contribution >= 4 is 17.7 Å². The lowest BCUT2D eigenvalue weighted by atomic mass is 10.3. The highest BCUT2D eigenvalue weighted by Crippen LogP contribution is 2.31. The average Bonchev–Trinajstić information content (AvgIpc) is 3.03. The van der Waals surface area contributed by atoms with Crippen molar-refractivity contribution in [3.63, 3.8) is 0 Å².